The zero-order valence-corrected chi connectivity index (χ0v) is 9.31. The van der Waals surface area contributed by atoms with Crippen LogP contribution in [0.1, 0.15) is 17.3 Å². The van der Waals surface area contributed by atoms with E-state index in [1.165, 1.54) is 6.92 Å². The van der Waals surface area contributed by atoms with Crippen LogP contribution in [0.15, 0.2) is 12.1 Å². The highest BCUT2D eigenvalue weighted by Crippen LogP contribution is 2.26. The molecule has 0 bridgehead atoms. The van der Waals surface area contributed by atoms with Crippen molar-refractivity contribution in [2.75, 3.05) is 5.73 Å². The van der Waals surface area contributed by atoms with Crippen LogP contribution in [-0.2, 0) is 0 Å². The molecule has 0 saturated carbocycles. The SMILES string of the molecule is CC(=O)c1cc(N)cc(I)c1Cl. The van der Waals surface area contributed by atoms with Crippen molar-refractivity contribution in [2.24, 2.45) is 0 Å². The third-order valence-electron chi connectivity index (χ3n) is 1.43. The van der Waals surface area contributed by atoms with Gasteiger partial charge in [0.05, 0.1) is 5.02 Å². The minimum atomic E-state index is -0.0646. The summed E-state index contributed by atoms with van der Waals surface area (Å²) in [5, 5.41) is 0.484. The van der Waals surface area contributed by atoms with Crippen LogP contribution in [0, 0.1) is 3.57 Å². The molecule has 2 nitrogen and oxygen atoms in total. The fourth-order valence-corrected chi connectivity index (χ4v) is 1.76. The molecule has 0 aromatic heterocycles. The fourth-order valence-electron chi connectivity index (χ4n) is 0.866. The van der Waals surface area contributed by atoms with E-state index in [1.54, 1.807) is 12.1 Å². The Hall–Kier alpha value is -0.290. The van der Waals surface area contributed by atoms with Gasteiger partial charge in [0.1, 0.15) is 0 Å². The number of nitrogen functional groups attached to an aromatic ring is 1. The highest BCUT2D eigenvalue weighted by atomic mass is 127. The number of benzene rings is 1. The summed E-state index contributed by atoms with van der Waals surface area (Å²) >= 11 is 7.92. The van der Waals surface area contributed by atoms with Crippen LogP contribution in [0.2, 0.25) is 5.02 Å². The van der Waals surface area contributed by atoms with Gasteiger partial charge in [-0.25, -0.2) is 0 Å². The molecule has 0 radical (unpaired) electrons. The van der Waals surface area contributed by atoms with Crippen LogP contribution in [0.5, 0.6) is 0 Å². The summed E-state index contributed by atoms with van der Waals surface area (Å²) in [5.74, 6) is -0.0646. The summed E-state index contributed by atoms with van der Waals surface area (Å²) in [6.45, 7) is 1.47. The van der Waals surface area contributed by atoms with Crippen molar-refractivity contribution < 1.29 is 4.79 Å². The van der Waals surface area contributed by atoms with Crippen LogP contribution in [0.4, 0.5) is 5.69 Å². The van der Waals surface area contributed by atoms with Crippen molar-refractivity contribution in [3.8, 4) is 0 Å². The Balaban J connectivity index is 3.37. The van der Waals surface area contributed by atoms with Crippen molar-refractivity contribution in [1.29, 1.82) is 0 Å². The summed E-state index contributed by atoms with van der Waals surface area (Å²) in [5.41, 5.74) is 6.60. The minimum absolute atomic E-state index is 0.0646. The predicted octanol–water partition coefficient (Wildman–Crippen LogP) is 2.73. The maximum absolute atomic E-state index is 11.0. The lowest BCUT2D eigenvalue weighted by Gasteiger charge is -2.03. The summed E-state index contributed by atoms with van der Waals surface area (Å²) in [6, 6.07) is 3.32. The minimum Gasteiger partial charge on any atom is -0.399 e. The molecule has 2 N–H and O–H groups in total. The van der Waals surface area contributed by atoms with Crippen molar-refractivity contribution in [1.82, 2.24) is 0 Å². The van der Waals surface area contributed by atoms with Crippen LogP contribution in [0.25, 0.3) is 0 Å². The lowest BCUT2D eigenvalue weighted by atomic mass is 10.1. The van der Waals surface area contributed by atoms with Crippen LogP contribution >= 0.6 is 34.2 Å². The van der Waals surface area contributed by atoms with E-state index >= 15 is 0 Å². The van der Waals surface area contributed by atoms with E-state index in [4.69, 9.17) is 17.3 Å². The van der Waals surface area contributed by atoms with Gasteiger partial charge >= 0.3 is 0 Å². The first-order valence-corrected chi connectivity index (χ1v) is 4.73. The molecule has 0 atom stereocenters. The Kier molecular flexibility index (Phi) is 2.95. The maximum atomic E-state index is 11.0. The van der Waals surface area contributed by atoms with Crippen molar-refractivity contribution in [3.63, 3.8) is 0 Å². The maximum Gasteiger partial charge on any atom is 0.161 e. The molecule has 0 aliphatic carbocycles. The quantitative estimate of drug-likeness (QED) is 0.492. The van der Waals surface area contributed by atoms with E-state index < -0.39 is 0 Å². The molecule has 0 aliphatic rings. The summed E-state index contributed by atoms with van der Waals surface area (Å²) in [7, 11) is 0. The zero-order valence-electron chi connectivity index (χ0n) is 6.40. The van der Waals surface area contributed by atoms with Gasteiger partial charge in [-0.2, -0.15) is 0 Å². The third kappa shape index (κ3) is 1.90. The van der Waals surface area contributed by atoms with E-state index in [2.05, 4.69) is 0 Å². The van der Waals surface area contributed by atoms with Crippen molar-refractivity contribution in [2.45, 2.75) is 6.92 Å². The number of ketones is 1. The summed E-state index contributed by atoms with van der Waals surface area (Å²) < 4.78 is 0.805. The lowest BCUT2D eigenvalue weighted by molar-refractivity contribution is 0.101. The highest BCUT2D eigenvalue weighted by molar-refractivity contribution is 14.1. The monoisotopic (exact) mass is 295 g/mol. The molecule has 0 spiro atoms. The van der Waals surface area contributed by atoms with Gasteiger partial charge in [0.15, 0.2) is 5.78 Å². The Labute approximate surface area is 89.2 Å². The molecule has 12 heavy (non-hydrogen) atoms. The molecular formula is C8H7ClINO. The second kappa shape index (κ2) is 3.62. The second-order valence-corrected chi connectivity index (χ2v) is 3.96. The van der Waals surface area contributed by atoms with E-state index in [-0.39, 0.29) is 5.78 Å². The molecule has 0 saturated heterocycles. The first-order chi connectivity index (χ1) is 5.52. The number of anilines is 1. The summed E-state index contributed by atoms with van der Waals surface area (Å²) in [4.78, 5) is 11.0. The Morgan fingerprint density at radius 1 is 1.58 bits per heavy atom. The first-order valence-electron chi connectivity index (χ1n) is 3.28. The van der Waals surface area contributed by atoms with E-state index in [1.807, 2.05) is 22.6 Å². The highest BCUT2D eigenvalue weighted by Gasteiger charge is 2.09. The molecular weight excluding hydrogens is 288 g/mol. The van der Waals surface area contributed by atoms with Gasteiger partial charge < -0.3 is 5.73 Å². The standard InChI is InChI=1S/C8H7ClINO/c1-4(12)6-2-5(11)3-7(10)8(6)9/h2-3H,11H2,1H3. The van der Waals surface area contributed by atoms with Gasteiger partial charge in [-0.05, 0) is 41.6 Å². The largest absolute Gasteiger partial charge is 0.399 e. The summed E-state index contributed by atoms with van der Waals surface area (Å²) in [6.07, 6.45) is 0. The Bertz CT molecular complexity index is 338. The lowest BCUT2D eigenvalue weighted by Crippen LogP contribution is -1.97. The second-order valence-electron chi connectivity index (χ2n) is 2.42. The fraction of sp³-hybridized carbons (Fsp3) is 0.125. The molecule has 1 aromatic carbocycles. The van der Waals surface area contributed by atoms with Crippen LogP contribution < -0.4 is 5.73 Å². The van der Waals surface area contributed by atoms with Gasteiger partial charge in [-0.3, -0.25) is 4.79 Å². The van der Waals surface area contributed by atoms with Gasteiger partial charge in [-0.1, -0.05) is 11.6 Å². The molecule has 0 aliphatic heterocycles. The normalized spacial score (nSPS) is 9.92. The van der Waals surface area contributed by atoms with E-state index in [9.17, 15) is 4.79 Å². The van der Waals surface area contributed by atoms with Gasteiger partial charge in [0.2, 0.25) is 0 Å². The number of carbonyl (C=O) groups is 1. The van der Waals surface area contributed by atoms with Crippen LogP contribution in [0.3, 0.4) is 0 Å². The van der Waals surface area contributed by atoms with Crippen LogP contribution in [-0.4, -0.2) is 5.78 Å². The third-order valence-corrected chi connectivity index (χ3v) is 3.01. The van der Waals surface area contributed by atoms with E-state index in [0.29, 0.717) is 16.3 Å². The average molecular weight is 296 g/mol. The number of carbonyl (C=O) groups excluding carboxylic acids is 1. The van der Waals surface area contributed by atoms with Crippen molar-refractivity contribution >= 4 is 45.7 Å². The number of halogens is 2. The molecule has 0 amide bonds. The number of rotatable bonds is 1. The first kappa shape index (κ1) is 9.80. The van der Waals surface area contributed by atoms with E-state index in [0.717, 1.165) is 3.57 Å². The topological polar surface area (TPSA) is 43.1 Å². The van der Waals surface area contributed by atoms with Crippen molar-refractivity contribution in [3.05, 3.63) is 26.3 Å². The molecule has 1 rings (SSSR count). The smallest absolute Gasteiger partial charge is 0.161 e. The van der Waals surface area contributed by atoms with Gasteiger partial charge in [0, 0.05) is 14.8 Å². The zero-order chi connectivity index (χ0) is 9.30. The Morgan fingerprint density at radius 3 is 2.67 bits per heavy atom. The molecule has 0 fully saturated rings. The van der Waals surface area contributed by atoms with Gasteiger partial charge in [0.25, 0.3) is 0 Å². The molecule has 64 valence electrons. The number of Topliss-reactive ketones (excluding diaryl/α,β-unsaturated/α-hetero) is 1. The Morgan fingerprint density at radius 2 is 2.17 bits per heavy atom. The van der Waals surface area contributed by atoms with Gasteiger partial charge in [-0.15, -0.1) is 0 Å². The molecule has 4 heteroatoms. The molecule has 0 unspecified atom stereocenters. The number of hydrogen-bond acceptors (Lipinski definition) is 2. The predicted molar refractivity (Wildman–Crippen MR) is 58.6 cm³/mol. The number of hydrogen-bond donors (Lipinski definition) is 1. The number of nitrogens with two attached hydrogens (primary N) is 1. The molecule has 1 aromatic rings. The average Bonchev–Trinajstić information content (AvgIpc) is 1.96. The molecule has 0 heterocycles.